The van der Waals surface area contributed by atoms with Crippen molar-refractivity contribution in [1.82, 2.24) is 5.32 Å². The smallest absolute Gasteiger partial charge is 0.0992 e. The van der Waals surface area contributed by atoms with Gasteiger partial charge < -0.3 is 10.4 Å². The zero-order valence-electron chi connectivity index (χ0n) is 10.4. The molecule has 0 saturated carbocycles. The number of benzene rings is 1. The lowest BCUT2D eigenvalue weighted by Gasteiger charge is -2.25. The molecule has 0 radical (unpaired) electrons. The van der Waals surface area contributed by atoms with Crippen molar-refractivity contribution < 1.29 is 5.11 Å². The topological polar surface area (TPSA) is 32.3 Å². The summed E-state index contributed by atoms with van der Waals surface area (Å²) >= 11 is 11.8. The number of hydrogen-bond acceptors (Lipinski definition) is 2. The Morgan fingerprint density at radius 2 is 1.94 bits per heavy atom. The number of aliphatic hydroxyl groups is 1. The van der Waals surface area contributed by atoms with Gasteiger partial charge in [-0.3, -0.25) is 0 Å². The van der Waals surface area contributed by atoms with E-state index in [1.54, 1.807) is 25.1 Å². The summed E-state index contributed by atoms with van der Waals surface area (Å²) in [6, 6.07) is 5.21. The zero-order chi connectivity index (χ0) is 13.1. The lowest BCUT2D eigenvalue weighted by Crippen LogP contribution is -2.37. The van der Waals surface area contributed by atoms with E-state index in [-0.39, 0.29) is 0 Å². The summed E-state index contributed by atoms with van der Waals surface area (Å²) in [5, 5.41) is 14.5. The molecule has 0 aromatic heterocycles. The second-order valence-electron chi connectivity index (χ2n) is 4.93. The van der Waals surface area contributed by atoms with Gasteiger partial charge >= 0.3 is 0 Å². The fourth-order valence-corrected chi connectivity index (χ4v) is 1.84. The Hall–Kier alpha value is -0.280. The first-order valence-corrected chi connectivity index (χ1v) is 6.47. The lowest BCUT2D eigenvalue weighted by atomic mass is 9.96. The molecule has 4 heteroatoms. The Balaban J connectivity index is 2.71. The van der Waals surface area contributed by atoms with Crippen molar-refractivity contribution in [3.8, 4) is 0 Å². The van der Waals surface area contributed by atoms with Gasteiger partial charge in [-0.05, 0) is 37.1 Å². The van der Waals surface area contributed by atoms with Gasteiger partial charge in [-0.1, -0.05) is 43.1 Å². The Morgan fingerprint density at radius 3 is 2.47 bits per heavy atom. The fraction of sp³-hybridized carbons (Fsp3) is 0.538. The largest absolute Gasteiger partial charge is 0.384 e. The predicted molar refractivity (Wildman–Crippen MR) is 73.7 cm³/mol. The second kappa shape index (κ2) is 6.05. The van der Waals surface area contributed by atoms with Crippen molar-refractivity contribution in [3.63, 3.8) is 0 Å². The van der Waals surface area contributed by atoms with Gasteiger partial charge in [0.15, 0.2) is 0 Å². The van der Waals surface area contributed by atoms with Crippen LogP contribution in [0.1, 0.15) is 26.3 Å². The second-order valence-corrected chi connectivity index (χ2v) is 5.74. The van der Waals surface area contributed by atoms with Gasteiger partial charge in [0, 0.05) is 6.54 Å². The van der Waals surface area contributed by atoms with Crippen LogP contribution in [0.3, 0.4) is 0 Å². The zero-order valence-corrected chi connectivity index (χ0v) is 11.9. The molecule has 0 spiro atoms. The third kappa shape index (κ3) is 4.47. The van der Waals surface area contributed by atoms with Gasteiger partial charge in [-0.15, -0.1) is 0 Å². The van der Waals surface area contributed by atoms with Crippen molar-refractivity contribution in [2.45, 2.75) is 26.4 Å². The highest BCUT2D eigenvalue weighted by atomic mass is 35.5. The van der Waals surface area contributed by atoms with Crippen LogP contribution in [0.4, 0.5) is 0 Å². The minimum Gasteiger partial charge on any atom is -0.384 e. The summed E-state index contributed by atoms with van der Waals surface area (Å²) in [5.41, 5.74) is -0.175. The minimum absolute atomic E-state index is 0.466. The molecule has 2 nitrogen and oxygen atoms in total. The molecule has 0 bridgehead atoms. The lowest BCUT2D eigenvalue weighted by molar-refractivity contribution is 0.0564. The Morgan fingerprint density at radius 1 is 1.29 bits per heavy atom. The standard InChI is InChI=1S/C13H19Cl2NO/c1-9(2)7-16-8-13(3,17)10-4-5-11(14)12(15)6-10/h4-6,9,16-17H,7-8H2,1-3H3. The molecule has 1 aromatic carbocycles. The van der Waals surface area contributed by atoms with Crippen molar-refractivity contribution in [3.05, 3.63) is 33.8 Å². The average molecular weight is 276 g/mol. The Kier molecular flexibility index (Phi) is 5.26. The average Bonchev–Trinajstić information content (AvgIpc) is 2.21. The van der Waals surface area contributed by atoms with Crippen LogP contribution < -0.4 is 5.32 Å². The molecule has 0 amide bonds. The van der Waals surface area contributed by atoms with E-state index >= 15 is 0 Å². The van der Waals surface area contributed by atoms with E-state index in [1.165, 1.54) is 0 Å². The summed E-state index contributed by atoms with van der Waals surface area (Å²) in [6.45, 7) is 7.38. The molecule has 0 heterocycles. The fourth-order valence-electron chi connectivity index (χ4n) is 1.54. The third-order valence-electron chi connectivity index (χ3n) is 2.56. The first-order valence-electron chi connectivity index (χ1n) is 5.71. The van der Waals surface area contributed by atoms with Gasteiger partial charge in [0.1, 0.15) is 0 Å². The van der Waals surface area contributed by atoms with Crippen LogP contribution in [0.25, 0.3) is 0 Å². The van der Waals surface area contributed by atoms with E-state index in [2.05, 4.69) is 19.2 Å². The molecular formula is C13H19Cl2NO. The molecule has 2 N–H and O–H groups in total. The highest BCUT2D eigenvalue weighted by molar-refractivity contribution is 6.42. The third-order valence-corrected chi connectivity index (χ3v) is 3.30. The maximum absolute atomic E-state index is 10.3. The van der Waals surface area contributed by atoms with Gasteiger partial charge in [0.2, 0.25) is 0 Å². The van der Waals surface area contributed by atoms with Crippen molar-refractivity contribution in [2.24, 2.45) is 5.92 Å². The van der Waals surface area contributed by atoms with E-state index in [0.29, 0.717) is 22.5 Å². The van der Waals surface area contributed by atoms with E-state index in [1.807, 2.05) is 0 Å². The van der Waals surface area contributed by atoms with Crippen LogP contribution >= 0.6 is 23.2 Å². The number of hydrogen-bond donors (Lipinski definition) is 2. The summed E-state index contributed by atoms with van der Waals surface area (Å²) in [7, 11) is 0. The first kappa shape index (κ1) is 14.8. The molecule has 1 atom stereocenters. The van der Waals surface area contributed by atoms with Crippen molar-refractivity contribution >= 4 is 23.2 Å². The maximum atomic E-state index is 10.3. The number of nitrogens with one attached hydrogen (secondary N) is 1. The molecule has 1 aromatic rings. The van der Waals surface area contributed by atoms with Gasteiger partial charge in [0.25, 0.3) is 0 Å². The van der Waals surface area contributed by atoms with Crippen LogP contribution in [0.15, 0.2) is 18.2 Å². The van der Waals surface area contributed by atoms with E-state index in [4.69, 9.17) is 23.2 Å². The molecule has 17 heavy (non-hydrogen) atoms. The highest BCUT2D eigenvalue weighted by Gasteiger charge is 2.23. The van der Waals surface area contributed by atoms with Gasteiger partial charge in [-0.25, -0.2) is 0 Å². The molecule has 0 saturated heterocycles. The number of halogens is 2. The van der Waals surface area contributed by atoms with Gasteiger partial charge in [-0.2, -0.15) is 0 Å². The van der Waals surface area contributed by atoms with Crippen LogP contribution in [-0.4, -0.2) is 18.2 Å². The molecule has 0 fully saturated rings. The van der Waals surface area contributed by atoms with Gasteiger partial charge in [0.05, 0.1) is 15.6 Å². The molecule has 0 aliphatic carbocycles. The summed E-state index contributed by atoms with van der Waals surface area (Å²) in [4.78, 5) is 0. The van der Waals surface area contributed by atoms with E-state index in [0.717, 1.165) is 12.1 Å². The molecular weight excluding hydrogens is 257 g/mol. The van der Waals surface area contributed by atoms with Crippen molar-refractivity contribution in [2.75, 3.05) is 13.1 Å². The van der Waals surface area contributed by atoms with Crippen LogP contribution in [0.2, 0.25) is 10.0 Å². The highest BCUT2D eigenvalue weighted by Crippen LogP contribution is 2.28. The van der Waals surface area contributed by atoms with Crippen LogP contribution in [0.5, 0.6) is 0 Å². The normalized spacial score (nSPS) is 15.0. The SMILES string of the molecule is CC(C)CNCC(C)(O)c1ccc(Cl)c(Cl)c1. The monoisotopic (exact) mass is 275 g/mol. The Bertz CT molecular complexity index is 378. The Labute approximate surface area is 113 Å². The minimum atomic E-state index is -0.941. The molecule has 96 valence electrons. The summed E-state index contributed by atoms with van der Waals surface area (Å²) in [5.74, 6) is 0.555. The quantitative estimate of drug-likeness (QED) is 0.863. The first-order chi connectivity index (χ1) is 7.83. The summed E-state index contributed by atoms with van der Waals surface area (Å²) < 4.78 is 0. The molecule has 0 aliphatic rings. The van der Waals surface area contributed by atoms with Crippen LogP contribution in [0, 0.1) is 5.92 Å². The number of rotatable bonds is 5. The predicted octanol–water partition coefficient (Wildman–Crippen LogP) is 3.45. The van der Waals surface area contributed by atoms with E-state index < -0.39 is 5.60 Å². The molecule has 1 unspecified atom stereocenters. The van der Waals surface area contributed by atoms with Crippen LogP contribution in [-0.2, 0) is 5.60 Å². The summed E-state index contributed by atoms with van der Waals surface area (Å²) in [6.07, 6.45) is 0. The molecule has 0 aliphatic heterocycles. The maximum Gasteiger partial charge on any atom is 0.0992 e. The molecule has 1 rings (SSSR count). The van der Waals surface area contributed by atoms with E-state index in [9.17, 15) is 5.11 Å². The van der Waals surface area contributed by atoms with Crippen molar-refractivity contribution in [1.29, 1.82) is 0 Å².